The molecule has 0 bridgehead atoms. The van der Waals surface area contributed by atoms with Gasteiger partial charge in [0.25, 0.3) is 0 Å². The first-order valence-electron chi connectivity index (χ1n) is 6.97. The second-order valence-corrected chi connectivity index (χ2v) is 5.16. The van der Waals surface area contributed by atoms with E-state index in [1.54, 1.807) is 0 Å². The van der Waals surface area contributed by atoms with Crippen molar-refractivity contribution in [3.63, 3.8) is 0 Å². The molecule has 0 saturated carbocycles. The summed E-state index contributed by atoms with van der Waals surface area (Å²) in [4.78, 5) is 0. The second-order valence-electron chi connectivity index (χ2n) is 5.16. The lowest BCUT2D eigenvalue weighted by atomic mass is 10.0. The number of nitrogens with zero attached hydrogens (tertiary/aromatic N) is 1. The first kappa shape index (κ1) is 15.1. The molecule has 2 aromatic carbocycles. The largest absolute Gasteiger partial charge is 0.409 e. The number of amidine groups is 1. The van der Waals surface area contributed by atoms with Gasteiger partial charge in [0.2, 0.25) is 0 Å². The molecular formula is C17H21N3O. The number of hydrogen-bond acceptors (Lipinski definition) is 3. The van der Waals surface area contributed by atoms with Crippen molar-refractivity contribution in [2.45, 2.75) is 26.4 Å². The molecule has 0 radical (unpaired) electrons. The van der Waals surface area contributed by atoms with Crippen molar-refractivity contribution in [2.75, 3.05) is 0 Å². The molecular weight excluding hydrogens is 262 g/mol. The molecule has 0 aliphatic carbocycles. The first-order chi connectivity index (χ1) is 10.1. The topological polar surface area (TPSA) is 70.6 Å². The zero-order chi connectivity index (χ0) is 15.2. The number of rotatable bonds is 5. The zero-order valence-corrected chi connectivity index (χ0v) is 12.4. The van der Waals surface area contributed by atoms with Gasteiger partial charge >= 0.3 is 0 Å². The maximum atomic E-state index is 8.84. The molecule has 1 unspecified atom stereocenters. The van der Waals surface area contributed by atoms with Gasteiger partial charge in [0, 0.05) is 18.2 Å². The van der Waals surface area contributed by atoms with Crippen molar-refractivity contribution in [3.8, 4) is 0 Å². The van der Waals surface area contributed by atoms with Crippen LogP contribution in [0.25, 0.3) is 0 Å². The van der Waals surface area contributed by atoms with Crippen LogP contribution in [-0.4, -0.2) is 11.0 Å². The van der Waals surface area contributed by atoms with Crippen LogP contribution in [0.4, 0.5) is 0 Å². The molecule has 0 amide bonds. The highest BCUT2D eigenvalue weighted by atomic mass is 16.4. The van der Waals surface area contributed by atoms with E-state index in [2.05, 4.69) is 48.6 Å². The normalized spacial score (nSPS) is 13.1. The molecule has 0 heterocycles. The van der Waals surface area contributed by atoms with Crippen LogP contribution < -0.4 is 11.1 Å². The Morgan fingerprint density at radius 3 is 2.52 bits per heavy atom. The first-order valence-corrected chi connectivity index (χ1v) is 6.97. The molecule has 21 heavy (non-hydrogen) atoms. The van der Waals surface area contributed by atoms with Gasteiger partial charge in [-0.25, -0.2) is 0 Å². The van der Waals surface area contributed by atoms with Crippen LogP contribution >= 0.6 is 0 Å². The Kier molecular flexibility index (Phi) is 4.95. The van der Waals surface area contributed by atoms with Crippen LogP contribution in [0.5, 0.6) is 0 Å². The van der Waals surface area contributed by atoms with E-state index in [1.165, 1.54) is 11.1 Å². The average Bonchev–Trinajstić information content (AvgIpc) is 2.52. The lowest BCUT2D eigenvalue weighted by Gasteiger charge is -2.16. The number of nitrogens with two attached hydrogens (primary N) is 1. The minimum Gasteiger partial charge on any atom is -0.409 e. The summed E-state index contributed by atoms with van der Waals surface area (Å²) >= 11 is 0. The fourth-order valence-electron chi connectivity index (χ4n) is 2.21. The third-order valence-corrected chi connectivity index (χ3v) is 3.58. The maximum absolute atomic E-state index is 8.84. The summed E-state index contributed by atoms with van der Waals surface area (Å²) in [5.74, 6) is 0.135. The molecule has 0 aliphatic heterocycles. The van der Waals surface area contributed by atoms with Gasteiger partial charge in [-0.1, -0.05) is 59.3 Å². The highest BCUT2D eigenvalue weighted by Gasteiger charge is 2.09. The molecule has 0 fully saturated rings. The van der Waals surface area contributed by atoms with Crippen LogP contribution in [0.2, 0.25) is 0 Å². The van der Waals surface area contributed by atoms with E-state index in [0.717, 1.165) is 11.1 Å². The quantitative estimate of drug-likeness (QED) is 0.342. The highest BCUT2D eigenvalue weighted by molar-refractivity contribution is 5.98. The van der Waals surface area contributed by atoms with Gasteiger partial charge in [-0.3, -0.25) is 0 Å². The summed E-state index contributed by atoms with van der Waals surface area (Å²) in [7, 11) is 0. The predicted molar refractivity (Wildman–Crippen MR) is 85.4 cm³/mol. The number of nitrogens with one attached hydrogen (secondary N) is 1. The van der Waals surface area contributed by atoms with E-state index >= 15 is 0 Å². The average molecular weight is 283 g/mol. The third kappa shape index (κ3) is 3.83. The van der Waals surface area contributed by atoms with Crippen LogP contribution in [0.1, 0.15) is 35.2 Å². The minimum absolute atomic E-state index is 0.135. The Balaban J connectivity index is 2.08. The Hall–Kier alpha value is -2.33. The molecule has 4 N–H and O–H groups in total. The van der Waals surface area contributed by atoms with Crippen LogP contribution in [-0.2, 0) is 6.54 Å². The van der Waals surface area contributed by atoms with E-state index in [9.17, 15) is 0 Å². The van der Waals surface area contributed by atoms with Crippen LogP contribution in [0, 0.1) is 6.92 Å². The zero-order valence-electron chi connectivity index (χ0n) is 12.4. The number of hydrogen-bond donors (Lipinski definition) is 3. The van der Waals surface area contributed by atoms with E-state index in [0.29, 0.717) is 6.54 Å². The number of oxime groups is 1. The Bertz CT molecular complexity index is 620. The summed E-state index contributed by atoms with van der Waals surface area (Å²) in [6, 6.07) is 16.3. The second kappa shape index (κ2) is 6.90. The standard InChI is InChI=1S/C17H21N3O/c1-12-7-9-14(10-8-12)13(2)19-11-15-5-3-4-6-16(15)17(18)20-21/h3-10,13,19,21H,11H2,1-2H3,(H2,18,20). The van der Waals surface area contributed by atoms with Gasteiger partial charge in [-0.15, -0.1) is 0 Å². The Labute approximate surface area is 125 Å². The summed E-state index contributed by atoms with van der Waals surface area (Å²) < 4.78 is 0. The van der Waals surface area contributed by atoms with Crippen molar-refractivity contribution in [1.82, 2.24) is 5.32 Å². The summed E-state index contributed by atoms with van der Waals surface area (Å²) in [6.45, 7) is 4.85. The lowest BCUT2D eigenvalue weighted by molar-refractivity contribution is 0.318. The molecule has 4 nitrogen and oxygen atoms in total. The van der Waals surface area contributed by atoms with Gasteiger partial charge in [-0.2, -0.15) is 0 Å². The van der Waals surface area contributed by atoms with Crippen molar-refractivity contribution in [1.29, 1.82) is 0 Å². The number of aryl methyl sites for hydroxylation is 1. The molecule has 4 heteroatoms. The van der Waals surface area contributed by atoms with Crippen LogP contribution in [0.3, 0.4) is 0 Å². The smallest absolute Gasteiger partial charge is 0.170 e. The summed E-state index contributed by atoms with van der Waals surface area (Å²) in [5.41, 5.74) is 9.95. The monoisotopic (exact) mass is 283 g/mol. The molecule has 1 atom stereocenters. The maximum Gasteiger partial charge on any atom is 0.170 e. The fraction of sp³-hybridized carbons (Fsp3) is 0.235. The lowest BCUT2D eigenvalue weighted by Crippen LogP contribution is -2.22. The summed E-state index contributed by atoms with van der Waals surface area (Å²) in [5, 5.41) is 15.4. The predicted octanol–water partition coefficient (Wildman–Crippen LogP) is 2.94. The molecule has 2 rings (SSSR count). The third-order valence-electron chi connectivity index (χ3n) is 3.58. The van der Waals surface area contributed by atoms with Crippen molar-refractivity contribution < 1.29 is 5.21 Å². The van der Waals surface area contributed by atoms with E-state index in [-0.39, 0.29) is 11.9 Å². The van der Waals surface area contributed by atoms with Crippen molar-refractivity contribution in [3.05, 3.63) is 70.8 Å². The molecule has 0 saturated heterocycles. The SMILES string of the molecule is Cc1ccc(C(C)NCc2ccccc2C(N)=NO)cc1. The Morgan fingerprint density at radius 2 is 1.86 bits per heavy atom. The van der Waals surface area contributed by atoms with Gasteiger partial charge in [0.1, 0.15) is 0 Å². The van der Waals surface area contributed by atoms with Crippen molar-refractivity contribution >= 4 is 5.84 Å². The van der Waals surface area contributed by atoms with Crippen molar-refractivity contribution in [2.24, 2.45) is 10.9 Å². The molecule has 0 aliphatic rings. The van der Waals surface area contributed by atoms with Gasteiger partial charge in [0.15, 0.2) is 5.84 Å². The van der Waals surface area contributed by atoms with Gasteiger partial charge in [0.05, 0.1) is 0 Å². The van der Waals surface area contributed by atoms with Gasteiger partial charge in [-0.05, 0) is 25.0 Å². The highest BCUT2D eigenvalue weighted by Crippen LogP contribution is 2.15. The Morgan fingerprint density at radius 1 is 1.19 bits per heavy atom. The van der Waals surface area contributed by atoms with Crippen LogP contribution in [0.15, 0.2) is 53.7 Å². The summed E-state index contributed by atoms with van der Waals surface area (Å²) in [6.07, 6.45) is 0. The molecule has 2 aromatic rings. The van der Waals surface area contributed by atoms with E-state index in [1.807, 2.05) is 24.3 Å². The molecule has 0 spiro atoms. The fourth-order valence-corrected chi connectivity index (χ4v) is 2.21. The van der Waals surface area contributed by atoms with Gasteiger partial charge < -0.3 is 16.3 Å². The molecule has 110 valence electrons. The van der Waals surface area contributed by atoms with E-state index < -0.39 is 0 Å². The van der Waals surface area contributed by atoms with E-state index in [4.69, 9.17) is 10.9 Å². The molecule has 0 aromatic heterocycles. The number of benzene rings is 2. The minimum atomic E-state index is 0.135.